The van der Waals surface area contributed by atoms with Crippen LogP contribution in [0.5, 0.6) is 0 Å². The first-order valence-electron chi connectivity index (χ1n) is 45.5. The van der Waals surface area contributed by atoms with E-state index in [-0.39, 0.29) is 29.5 Å². The highest BCUT2D eigenvalue weighted by molar-refractivity contribution is 6.08. The summed E-state index contributed by atoms with van der Waals surface area (Å²) in [6, 6.07) is 95.3. The van der Waals surface area contributed by atoms with E-state index in [1.807, 2.05) is 282 Å². The molecule has 700 valence electrons. The molecule has 0 aliphatic heterocycles. The van der Waals surface area contributed by atoms with Gasteiger partial charge in [0.25, 0.3) is 29.5 Å². The van der Waals surface area contributed by atoms with Crippen LogP contribution >= 0.6 is 0 Å². The number of pyridine rings is 10. The molecule has 0 saturated carbocycles. The van der Waals surface area contributed by atoms with Crippen LogP contribution in [-0.4, -0.2) is 133 Å². The molecule has 0 spiro atoms. The Labute approximate surface area is 821 Å². The van der Waals surface area contributed by atoms with Gasteiger partial charge in [0.15, 0.2) is 0 Å². The van der Waals surface area contributed by atoms with Crippen LogP contribution in [0.1, 0.15) is 74.7 Å². The SMILES string of the molecule is Cc1ccc(-c2cccc(C(=O)Nc3cn(C)nc3-c3ccccn3)n2)cc1.Cc1cccc(-c2cccc(C(=O)Nc3cn(C)nc3-c3ccccn3)n2)c1.Cn1cc(NC(=O)c2cccc(-c3ccc4c(c3)C=CC4)n2)c(-c2ccccn2)n1.Cn1cc(NC(=O)c2cccc(-c3ccc4cc[nH]c4c3)n2)c(-c2ccccn2)n1.Cn1cc(NC(=O)c2cccc(-c3ccccc3)n2)c(-c2ccccn2)n1. The maximum Gasteiger partial charge on any atom is 0.274 e. The van der Waals surface area contributed by atoms with Gasteiger partial charge in [0.05, 0.1) is 85.4 Å². The van der Waals surface area contributed by atoms with Crippen molar-refractivity contribution in [2.45, 2.75) is 20.3 Å². The van der Waals surface area contributed by atoms with Gasteiger partial charge in [0.1, 0.15) is 56.9 Å². The highest BCUT2D eigenvalue weighted by Gasteiger charge is 2.24. The van der Waals surface area contributed by atoms with Gasteiger partial charge >= 0.3 is 0 Å². The molecule has 143 heavy (non-hydrogen) atoms. The second-order valence-electron chi connectivity index (χ2n) is 33.1. The molecular formula is C112H92N26O5. The van der Waals surface area contributed by atoms with E-state index in [1.54, 1.807) is 144 Å². The summed E-state index contributed by atoms with van der Waals surface area (Å²) < 4.78 is 8.25. The van der Waals surface area contributed by atoms with Crippen molar-refractivity contribution >= 4 is 75.0 Å². The lowest BCUT2D eigenvalue weighted by Gasteiger charge is -2.08. The molecule has 6 N–H and O–H groups in total. The first kappa shape index (κ1) is 93.7. The number of nitrogens with zero attached hydrogens (tertiary/aromatic N) is 20. The Morgan fingerprint density at radius 3 is 0.909 bits per heavy atom. The lowest BCUT2D eigenvalue weighted by atomic mass is 10.0. The minimum atomic E-state index is -0.303. The van der Waals surface area contributed by atoms with Crippen molar-refractivity contribution in [3.05, 3.63) is 428 Å². The highest BCUT2D eigenvalue weighted by atomic mass is 16.2. The molecule has 5 aromatic carbocycles. The molecule has 0 saturated heterocycles. The number of aromatic nitrogens is 21. The van der Waals surface area contributed by atoms with Gasteiger partial charge in [-0.15, -0.1) is 0 Å². The number of benzene rings is 5. The maximum absolute atomic E-state index is 12.9. The molecule has 0 bridgehead atoms. The Hall–Kier alpha value is -19.7. The topological polar surface area (TPSA) is 379 Å². The largest absolute Gasteiger partial charge is 0.361 e. The summed E-state index contributed by atoms with van der Waals surface area (Å²) in [5.74, 6) is -1.47. The molecule has 1 aliphatic rings. The summed E-state index contributed by atoms with van der Waals surface area (Å²) in [4.78, 5) is 112. The fourth-order valence-electron chi connectivity index (χ4n) is 15.7. The number of fused-ring (bicyclic) bond motifs is 2. The van der Waals surface area contributed by atoms with Gasteiger partial charge in [0, 0.05) is 137 Å². The second-order valence-corrected chi connectivity index (χ2v) is 33.1. The average molecular weight is 1880 g/mol. The minimum absolute atomic E-state index is 0.289. The summed E-state index contributed by atoms with van der Waals surface area (Å²) in [6.45, 7) is 4.07. The smallest absolute Gasteiger partial charge is 0.274 e. The number of carbonyl (C=O) groups is 5. The molecule has 0 atom stereocenters. The zero-order valence-corrected chi connectivity index (χ0v) is 78.6. The van der Waals surface area contributed by atoms with Gasteiger partial charge in [0.2, 0.25) is 0 Å². The van der Waals surface area contributed by atoms with Crippen molar-refractivity contribution in [1.29, 1.82) is 0 Å². The van der Waals surface area contributed by atoms with Crippen molar-refractivity contribution in [1.82, 2.24) is 104 Å². The first-order valence-corrected chi connectivity index (χ1v) is 45.5. The Kier molecular flexibility index (Phi) is 28.5. The van der Waals surface area contributed by atoms with Crippen molar-refractivity contribution in [2.75, 3.05) is 26.6 Å². The third kappa shape index (κ3) is 23.2. The summed E-state index contributed by atoms with van der Waals surface area (Å²) in [5.41, 5.74) is 25.7. The van der Waals surface area contributed by atoms with Gasteiger partial charge in [-0.2, -0.15) is 25.5 Å². The monoisotopic (exact) mass is 1880 g/mol. The van der Waals surface area contributed by atoms with Crippen LogP contribution in [0.2, 0.25) is 0 Å². The lowest BCUT2D eigenvalue weighted by Crippen LogP contribution is -2.14. The summed E-state index contributed by atoms with van der Waals surface area (Å²) in [5, 5.41) is 37.8. The van der Waals surface area contributed by atoms with Crippen LogP contribution in [-0.2, 0) is 41.7 Å². The molecular weight excluding hydrogens is 1790 g/mol. The number of nitrogens with one attached hydrogen (secondary N) is 6. The molecule has 0 fully saturated rings. The number of allylic oxidation sites excluding steroid dienone is 1. The Morgan fingerprint density at radius 1 is 0.273 bits per heavy atom. The summed E-state index contributed by atoms with van der Waals surface area (Å²) in [6.07, 6.45) is 24.4. The highest BCUT2D eigenvalue weighted by Crippen LogP contribution is 2.34. The molecule has 5 amide bonds. The molecule has 1 aliphatic carbocycles. The molecule has 0 unspecified atom stereocenters. The number of H-pyrrole nitrogens is 1. The molecule has 16 heterocycles. The van der Waals surface area contributed by atoms with Gasteiger partial charge in [-0.3, -0.25) is 72.3 Å². The molecule has 16 aromatic heterocycles. The lowest BCUT2D eigenvalue weighted by molar-refractivity contribution is 0.101. The average Bonchev–Trinajstić information content (AvgIpc) is 1.74. The van der Waals surface area contributed by atoms with Gasteiger partial charge in [-0.25, -0.2) is 24.9 Å². The van der Waals surface area contributed by atoms with Crippen molar-refractivity contribution in [3.63, 3.8) is 0 Å². The van der Waals surface area contributed by atoms with E-state index < -0.39 is 0 Å². The van der Waals surface area contributed by atoms with E-state index in [2.05, 4.69) is 137 Å². The predicted octanol–water partition coefficient (Wildman–Crippen LogP) is 20.6. The Balaban J connectivity index is 0.000000118. The van der Waals surface area contributed by atoms with E-state index >= 15 is 0 Å². The van der Waals surface area contributed by atoms with Crippen molar-refractivity contribution in [2.24, 2.45) is 35.2 Å². The number of hydrogen-bond donors (Lipinski definition) is 6. The van der Waals surface area contributed by atoms with Crippen molar-refractivity contribution < 1.29 is 24.0 Å². The third-order valence-corrected chi connectivity index (χ3v) is 22.5. The van der Waals surface area contributed by atoms with E-state index in [9.17, 15) is 24.0 Å². The summed E-state index contributed by atoms with van der Waals surface area (Å²) in [7, 11) is 9.02. The standard InChI is InChI=1S/C24H19N5O.C23H18N6O.2C22H19N5O.C21H17N5O/c1-29-15-22(23(28-29)20-8-2-3-13-25-20)27-24(30)21-10-5-9-19(26-21)18-12-11-16-6-4-7-17(16)14-18;1-29-14-21(22(28-29)18-5-2-3-11-24-18)27-23(30)19-7-4-6-17(26-19)16-9-8-15-10-12-25-20(15)13-16;1-15-7-5-8-16(13-15)17-10-6-11-19(24-17)22(28)25-20-14-27(2)26-21(20)18-9-3-4-12-23-18;1-15-9-11-16(12-10-15)17-7-5-8-19(24-17)22(28)25-20-14-27(2)26-21(20)18-6-3-4-13-23-18;1-26-14-19(20(25-26)17-10-5-6-13-22-17)24-21(27)18-12-7-11-16(23-18)15-8-3-2-4-9-15/h2-5,7-15H,6H2,1H3,(H,27,30);2-14,25H,1H3,(H,27,30);2*3-14H,1-2H3,(H,25,28);2-14H,1H3,(H,24,27). The zero-order valence-electron chi connectivity index (χ0n) is 78.6. The molecule has 31 nitrogen and oxygen atoms in total. The fourth-order valence-corrected chi connectivity index (χ4v) is 15.7. The van der Waals surface area contributed by atoms with Crippen LogP contribution in [0.3, 0.4) is 0 Å². The molecule has 22 rings (SSSR count). The maximum atomic E-state index is 12.9. The Morgan fingerprint density at radius 2 is 0.566 bits per heavy atom. The van der Waals surface area contributed by atoms with E-state index in [4.69, 9.17) is 0 Å². The number of amides is 5. The second kappa shape index (κ2) is 43.5. The number of carbonyl (C=O) groups excluding carboxylic acids is 5. The minimum Gasteiger partial charge on any atom is -0.361 e. The van der Waals surface area contributed by atoms with Crippen LogP contribution in [0, 0.1) is 13.8 Å². The normalized spacial score (nSPS) is 11.0. The van der Waals surface area contributed by atoms with Gasteiger partial charge in [-0.1, -0.05) is 181 Å². The number of aromatic amines is 1. The first-order chi connectivity index (χ1) is 69.7. The predicted molar refractivity (Wildman–Crippen MR) is 554 cm³/mol. The van der Waals surface area contributed by atoms with Gasteiger partial charge in [-0.05, 0) is 182 Å². The van der Waals surface area contributed by atoms with E-state index in [1.165, 1.54) is 16.7 Å². The molecule has 21 aromatic rings. The van der Waals surface area contributed by atoms with Crippen molar-refractivity contribution in [3.8, 4) is 113 Å². The third-order valence-electron chi connectivity index (χ3n) is 22.5. The Bertz CT molecular complexity index is 8170. The number of rotatable bonds is 20. The number of aryl methyl sites for hydroxylation is 7. The fraction of sp³-hybridized carbons (Fsp3) is 0.0714. The van der Waals surface area contributed by atoms with Crippen LogP contribution < -0.4 is 26.6 Å². The van der Waals surface area contributed by atoms with Gasteiger partial charge < -0.3 is 31.6 Å². The van der Waals surface area contributed by atoms with E-state index in [0.29, 0.717) is 114 Å². The quantitative estimate of drug-likeness (QED) is 0.0413. The summed E-state index contributed by atoms with van der Waals surface area (Å²) >= 11 is 0. The molecule has 31 heteroatoms. The van der Waals surface area contributed by atoms with Crippen LogP contribution in [0.15, 0.2) is 378 Å². The number of anilines is 5. The van der Waals surface area contributed by atoms with Crippen LogP contribution in [0.25, 0.3) is 130 Å². The van der Waals surface area contributed by atoms with Crippen LogP contribution in [0.4, 0.5) is 28.4 Å². The van der Waals surface area contributed by atoms with E-state index in [0.717, 1.165) is 79.2 Å². The molecule has 0 radical (unpaired) electrons. The zero-order chi connectivity index (χ0) is 98.7. The number of hydrogen-bond acceptors (Lipinski definition) is 20.